The fraction of sp³-hybridized carbons (Fsp3) is 0.647. The third-order valence-electron chi connectivity index (χ3n) is 3.88. The molecule has 3 nitrogen and oxygen atoms in total. The molecule has 1 heterocycles. The maximum atomic E-state index is 5.79. The zero-order valence-corrected chi connectivity index (χ0v) is 14.9. The first-order chi connectivity index (χ1) is 10.1. The van der Waals surface area contributed by atoms with E-state index in [0.717, 1.165) is 26.2 Å². The lowest BCUT2D eigenvalue weighted by atomic mass is 10.1. The predicted octanol–water partition coefficient (Wildman–Crippen LogP) is 3.95. The number of piperidine rings is 1. The Morgan fingerprint density at radius 3 is 2.90 bits per heavy atom. The molecule has 1 aliphatic heterocycles. The van der Waals surface area contributed by atoms with Crippen LogP contribution in [-0.4, -0.2) is 31.8 Å². The fourth-order valence-corrected chi connectivity index (χ4v) is 3.24. The Morgan fingerprint density at radius 1 is 1.43 bits per heavy atom. The average molecular weight is 355 g/mol. The summed E-state index contributed by atoms with van der Waals surface area (Å²) in [6, 6.07) is 7.20. The molecular weight excluding hydrogens is 328 g/mol. The van der Waals surface area contributed by atoms with Gasteiger partial charge in [0, 0.05) is 42.4 Å². The molecule has 1 N–H and O–H groups in total. The molecule has 1 unspecified atom stereocenters. The quantitative estimate of drug-likeness (QED) is 0.836. The third-order valence-corrected chi connectivity index (χ3v) is 4.62. The summed E-state index contributed by atoms with van der Waals surface area (Å²) in [6.07, 6.45) is 2.77. The minimum Gasteiger partial charge on any atom is -0.377 e. The van der Waals surface area contributed by atoms with Crippen molar-refractivity contribution in [1.29, 1.82) is 0 Å². The van der Waals surface area contributed by atoms with Gasteiger partial charge in [-0.1, -0.05) is 35.8 Å². The van der Waals surface area contributed by atoms with Gasteiger partial charge in [-0.05, 0) is 37.5 Å². The lowest BCUT2D eigenvalue weighted by Gasteiger charge is -2.34. The van der Waals surface area contributed by atoms with Crippen LogP contribution in [0.1, 0.15) is 39.2 Å². The van der Waals surface area contributed by atoms with Crippen LogP contribution in [0, 0.1) is 0 Å². The first-order valence-corrected chi connectivity index (χ1v) is 8.77. The van der Waals surface area contributed by atoms with Gasteiger partial charge >= 0.3 is 0 Å². The Labute approximate surface area is 137 Å². The minimum absolute atomic E-state index is 0.379. The van der Waals surface area contributed by atoms with Gasteiger partial charge in [-0.2, -0.15) is 0 Å². The molecule has 1 aliphatic rings. The summed E-state index contributed by atoms with van der Waals surface area (Å²) in [5.74, 6) is 0. The summed E-state index contributed by atoms with van der Waals surface area (Å²) < 4.78 is 6.98. The Hall–Kier alpha value is -0.580. The summed E-state index contributed by atoms with van der Waals surface area (Å²) >= 11 is 3.71. The average Bonchev–Trinajstić information content (AvgIpc) is 2.46. The van der Waals surface area contributed by atoms with Gasteiger partial charge in [-0.3, -0.25) is 0 Å². The number of hydrogen-bond donors (Lipinski definition) is 1. The maximum Gasteiger partial charge on any atom is 0.0750 e. The van der Waals surface area contributed by atoms with E-state index in [0.29, 0.717) is 12.1 Å². The molecular formula is C17H27BrN2O. The largest absolute Gasteiger partial charge is 0.377 e. The SMILES string of the molecule is CCOC1CCCN(c2ccc(CNC(C)C)c(Br)c2)C1. The van der Waals surface area contributed by atoms with Crippen LogP contribution in [-0.2, 0) is 11.3 Å². The van der Waals surface area contributed by atoms with Crippen LogP contribution in [0.5, 0.6) is 0 Å². The van der Waals surface area contributed by atoms with Gasteiger partial charge in [-0.25, -0.2) is 0 Å². The molecule has 0 amide bonds. The molecule has 0 aliphatic carbocycles. The lowest BCUT2D eigenvalue weighted by Crippen LogP contribution is -2.39. The second-order valence-electron chi connectivity index (χ2n) is 5.98. The summed E-state index contributed by atoms with van der Waals surface area (Å²) in [4.78, 5) is 2.44. The highest BCUT2D eigenvalue weighted by Gasteiger charge is 2.20. The van der Waals surface area contributed by atoms with E-state index in [2.05, 4.69) is 65.1 Å². The molecule has 0 aromatic heterocycles. The van der Waals surface area contributed by atoms with E-state index in [1.807, 2.05) is 0 Å². The van der Waals surface area contributed by atoms with E-state index in [1.165, 1.54) is 28.6 Å². The molecule has 1 atom stereocenters. The summed E-state index contributed by atoms with van der Waals surface area (Å²) in [5.41, 5.74) is 2.60. The smallest absolute Gasteiger partial charge is 0.0750 e. The van der Waals surface area contributed by atoms with Crippen LogP contribution in [0.3, 0.4) is 0 Å². The van der Waals surface area contributed by atoms with E-state index in [9.17, 15) is 0 Å². The molecule has 4 heteroatoms. The van der Waals surface area contributed by atoms with Crippen LogP contribution in [0.15, 0.2) is 22.7 Å². The maximum absolute atomic E-state index is 5.79. The molecule has 1 fully saturated rings. The molecule has 1 saturated heterocycles. The molecule has 0 bridgehead atoms. The number of rotatable bonds is 6. The predicted molar refractivity (Wildman–Crippen MR) is 93.0 cm³/mol. The number of anilines is 1. The molecule has 0 saturated carbocycles. The fourth-order valence-electron chi connectivity index (χ4n) is 2.73. The van der Waals surface area contributed by atoms with Gasteiger partial charge in [-0.15, -0.1) is 0 Å². The van der Waals surface area contributed by atoms with Crippen molar-refractivity contribution in [2.75, 3.05) is 24.6 Å². The van der Waals surface area contributed by atoms with E-state index in [4.69, 9.17) is 4.74 Å². The topological polar surface area (TPSA) is 24.5 Å². The lowest BCUT2D eigenvalue weighted by molar-refractivity contribution is 0.0527. The van der Waals surface area contributed by atoms with Gasteiger partial charge in [0.1, 0.15) is 0 Å². The van der Waals surface area contributed by atoms with E-state index in [-0.39, 0.29) is 0 Å². The summed E-state index contributed by atoms with van der Waals surface area (Å²) in [5, 5.41) is 3.46. The van der Waals surface area contributed by atoms with Crippen molar-refractivity contribution in [3.05, 3.63) is 28.2 Å². The molecule has 21 heavy (non-hydrogen) atoms. The highest BCUT2D eigenvalue weighted by molar-refractivity contribution is 9.10. The highest BCUT2D eigenvalue weighted by atomic mass is 79.9. The van der Waals surface area contributed by atoms with Crippen molar-refractivity contribution >= 4 is 21.6 Å². The Kier molecular flexibility index (Phi) is 6.52. The first kappa shape index (κ1) is 16.8. The number of ether oxygens (including phenoxy) is 1. The van der Waals surface area contributed by atoms with Gasteiger partial charge in [0.15, 0.2) is 0 Å². The zero-order valence-electron chi connectivity index (χ0n) is 13.4. The summed E-state index contributed by atoms with van der Waals surface area (Å²) in [6.45, 7) is 10.3. The van der Waals surface area contributed by atoms with Crippen molar-refractivity contribution in [2.45, 2.75) is 52.3 Å². The van der Waals surface area contributed by atoms with Gasteiger partial charge in [0.2, 0.25) is 0 Å². The molecule has 0 radical (unpaired) electrons. The molecule has 1 aromatic carbocycles. The van der Waals surface area contributed by atoms with Crippen LogP contribution in [0.25, 0.3) is 0 Å². The zero-order chi connectivity index (χ0) is 15.2. The van der Waals surface area contributed by atoms with E-state index < -0.39 is 0 Å². The number of nitrogens with one attached hydrogen (secondary N) is 1. The molecule has 0 spiro atoms. The van der Waals surface area contributed by atoms with Gasteiger partial charge in [0.25, 0.3) is 0 Å². The number of benzene rings is 1. The second-order valence-corrected chi connectivity index (χ2v) is 6.83. The Morgan fingerprint density at radius 2 is 2.24 bits per heavy atom. The standard InChI is InChI=1S/C17H27BrN2O/c1-4-21-16-6-5-9-20(12-16)15-8-7-14(17(18)10-15)11-19-13(2)3/h7-8,10,13,16,19H,4-6,9,11-12H2,1-3H3. The van der Waals surface area contributed by atoms with Crippen molar-refractivity contribution < 1.29 is 4.74 Å². The minimum atomic E-state index is 0.379. The van der Waals surface area contributed by atoms with E-state index in [1.54, 1.807) is 0 Å². The van der Waals surface area contributed by atoms with Crippen molar-refractivity contribution in [1.82, 2.24) is 5.32 Å². The van der Waals surface area contributed by atoms with Crippen LogP contribution < -0.4 is 10.2 Å². The normalized spacial score (nSPS) is 19.3. The number of halogens is 1. The van der Waals surface area contributed by atoms with Gasteiger partial charge < -0.3 is 15.0 Å². The first-order valence-electron chi connectivity index (χ1n) is 7.98. The van der Waals surface area contributed by atoms with Crippen LogP contribution >= 0.6 is 15.9 Å². The molecule has 118 valence electrons. The van der Waals surface area contributed by atoms with Crippen molar-refractivity contribution in [3.63, 3.8) is 0 Å². The molecule has 1 aromatic rings. The monoisotopic (exact) mass is 354 g/mol. The number of nitrogens with zero attached hydrogens (tertiary/aromatic N) is 1. The molecule has 2 rings (SSSR count). The number of hydrogen-bond acceptors (Lipinski definition) is 3. The highest BCUT2D eigenvalue weighted by Crippen LogP contribution is 2.27. The third kappa shape index (κ3) is 4.97. The Bertz CT molecular complexity index is 448. The second kappa shape index (κ2) is 8.16. The van der Waals surface area contributed by atoms with Crippen molar-refractivity contribution in [3.8, 4) is 0 Å². The van der Waals surface area contributed by atoms with Crippen molar-refractivity contribution in [2.24, 2.45) is 0 Å². The summed E-state index contributed by atoms with van der Waals surface area (Å²) in [7, 11) is 0. The van der Waals surface area contributed by atoms with Crippen LogP contribution in [0.2, 0.25) is 0 Å². The van der Waals surface area contributed by atoms with E-state index >= 15 is 0 Å². The Balaban J connectivity index is 2.01. The van der Waals surface area contributed by atoms with Crippen LogP contribution in [0.4, 0.5) is 5.69 Å². The van der Waals surface area contributed by atoms with Gasteiger partial charge in [0.05, 0.1) is 6.10 Å².